The van der Waals surface area contributed by atoms with Gasteiger partial charge in [0.05, 0.1) is 21.8 Å². The Balaban J connectivity index is 1.55. The molecule has 1 amide bonds. The number of anilines is 4. The van der Waals surface area contributed by atoms with Crippen LogP contribution in [0.3, 0.4) is 0 Å². The quantitative estimate of drug-likeness (QED) is 0.260. The zero-order chi connectivity index (χ0) is 21.1. The van der Waals surface area contributed by atoms with E-state index in [9.17, 15) is 14.9 Å². The molecule has 1 aromatic heterocycles. The van der Waals surface area contributed by atoms with E-state index in [-0.39, 0.29) is 11.6 Å². The number of carbonyl (C=O) groups excluding carboxylic acids is 1. The molecule has 0 unspecified atom stereocenters. The number of hydrogen-bond acceptors (Lipinski definition) is 7. The molecule has 0 spiro atoms. The third-order valence-electron chi connectivity index (χ3n) is 4.45. The number of benzene rings is 3. The lowest BCUT2D eigenvalue weighted by atomic mass is 10.1. The van der Waals surface area contributed by atoms with Gasteiger partial charge in [-0.15, -0.1) is 0 Å². The van der Waals surface area contributed by atoms with Gasteiger partial charge in [-0.3, -0.25) is 14.9 Å². The number of carbonyl (C=O) groups is 1. The van der Waals surface area contributed by atoms with E-state index in [0.717, 1.165) is 0 Å². The van der Waals surface area contributed by atoms with Gasteiger partial charge in [0.2, 0.25) is 0 Å². The highest BCUT2D eigenvalue weighted by Gasteiger charge is 2.12. The second-order valence-corrected chi connectivity index (χ2v) is 6.42. The highest BCUT2D eigenvalue weighted by molar-refractivity contribution is 6.06. The molecular weight excluding hydrogens is 384 g/mol. The van der Waals surface area contributed by atoms with Crippen molar-refractivity contribution in [3.05, 3.63) is 88.7 Å². The molecule has 0 saturated heterocycles. The van der Waals surface area contributed by atoms with Gasteiger partial charge in [-0.2, -0.15) is 0 Å². The molecule has 9 nitrogen and oxygen atoms in total. The molecule has 9 heteroatoms. The van der Waals surface area contributed by atoms with Gasteiger partial charge in [0.25, 0.3) is 11.6 Å². The van der Waals surface area contributed by atoms with Crippen molar-refractivity contribution in [2.45, 2.75) is 0 Å². The number of nitro groups is 1. The van der Waals surface area contributed by atoms with Crippen molar-refractivity contribution in [2.24, 2.45) is 0 Å². The molecule has 0 atom stereocenters. The van der Waals surface area contributed by atoms with Gasteiger partial charge in [-0.25, -0.2) is 9.97 Å². The minimum absolute atomic E-state index is 0.0486. The Morgan fingerprint density at radius 2 is 1.77 bits per heavy atom. The molecule has 0 bridgehead atoms. The number of nitrogens with zero attached hydrogens (tertiary/aromatic N) is 3. The Morgan fingerprint density at radius 1 is 1.00 bits per heavy atom. The monoisotopic (exact) mass is 400 g/mol. The van der Waals surface area contributed by atoms with Gasteiger partial charge in [-0.1, -0.05) is 12.1 Å². The molecule has 4 aromatic rings. The van der Waals surface area contributed by atoms with Crippen LogP contribution >= 0.6 is 0 Å². The van der Waals surface area contributed by atoms with E-state index in [0.29, 0.717) is 39.3 Å². The molecular formula is C21H16N6O3. The summed E-state index contributed by atoms with van der Waals surface area (Å²) in [5.41, 5.74) is 8.52. The number of aromatic nitrogens is 2. The molecule has 0 radical (unpaired) electrons. The lowest BCUT2D eigenvalue weighted by molar-refractivity contribution is -0.384. The van der Waals surface area contributed by atoms with Crippen molar-refractivity contribution in [1.29, 1.82) is 0 Å². The number of nitro benzene ring substituents is 1. The van der Waals surface area contributed by atoms with Crippen molar-refractivity contribution in [2.75, 3.05) is 16.4 Å². The van der Waals surface area contributed by atoms with Crippen LogP contribution in [0.2, 0.25) is 0 Å². The maximum atomic E-state index is 12.4. The van der Waals surface area contributed by atoms with Gasteiger partial charge < -0.3 is 16.4 Å². The molecule has 4 rings (SSSR count). The van der Waals surface area contributed by atoms with E-state index < -0.39 is 4.92 Å². The topological polar surface area (TPSA) is 136 Å². The molecule has 3 aromatic carbocycles. The lowest BCUT2D eigenvalue weighted by Gasteiger charge is -2.10. The van der Waals surface area contributed by atoms with Gasteiger partial charge >= 0.3 is 0 Å². The first kappa shape index (κ1) is 18.8. The average molecular weight is 400 g/mol. The third kappa shape index (κ3) is 3.85. The number of hydrogen-bond donors (Lipinski definition) is 3. The highest BCUT2D eigenvalue weighted by Crippen LogP contribution is 2.27. The van der Waals surface area contributed by atoms with Crippen LogP contribution in [-0.2, 0) is 0 Å². The Morgan fingerprint density at radius 3 is 2.50 bits per heavy atom. The Bertz CT molecular complexity index is 1260. The number of nitrogen functional groups attached to an aromatic ring is 1. The van der Waals surface area contributed by atoms with Crippen molar-refractivity contribution < 1.29 is 9.72 Å². The first-order valence-electron chi connectivity index (χ1n) is 8.93. The molecule has 4 N–H and O–H groups in total. The summed E-state index contributed by atoms with van der Waals surface area (Å²) in [6, 6.07) is 18.1. The van der Waals surface area contributed by atoms with Crippen LogP contribution in [0.1, 0.15) is 10.4 Å². The summed E-state index contributed by atoms with van der Waals surface area (Å²) >= 11 is 0. The van der Waals surface area contributed by atoms with Crippen molar-refractivity contribution in [1.82, 2.24) is 9.97 Å². The van der Waals surface area contributed by atoms with Crippen LogP contribution in [0.25, 0.3) is 10.9 Å². The van der Waals surface area contributed by atoms with Gasteiger partial charge in [0.15, 0.2) is 0 Å². The Hall–Kier alpha value is -4.53. The zero-order valence-corrected chi connectivity index (χ0v) is 15.6. The summed E-state index contributed by atoms with van der Waals surface area (Å²) in [7, 11) is 0. The second kappa shape index (κ2) is 7.84. The van der Waals surface area contributed by atoms with Crippen molar-refractivity contribution in [3.63, 3.8) is 0 Å². The summed E-state index contributed by atoms with van der Waals surface area (Å²) in [4.78, 5) is 31.4. The van der Waals surface area contributed by atoms with Crippen LogP contribution in [0.5, 0.6) is 0 Å². The Labute approximate surface area is 170 Å². The van der Waals surface area contributed by atoms with E-state index in [1.165, 1.54) is 18.5 Å². The standard InChI is InChI=1S/C21H16N6O3/c22-17-3-1-2-4-19(17)26-21(28)13-5-7-14(8-6-13)25-20-16-11-15(27(29)30)9-10-18(16)23-12-24-20/h1-12H,22H2,(H,26,28)(H,23,24,25). The molecule has 1 heterocycles. The number of rotatable bonds is 5. The fraction of sp³-hybridized carbons (Fsp3) is 0. The molecule has 0 saturated carbocycles. The smallest absolute Gasteiger partial charge is 0.270 e. The number of fused-ring (bicyclic) bond motifs is 1. The second-order valence-electron chi connectivity index (χ2n) is 6.42. The lowest BCUT2D eigenvalue weighted by Crippen LogP contribution is -2.13. The van der Waals surface area contributed by atoms with E-state index >= 15 is 0 Å². The van der Waals surface area contributed by atoms with E-state index in [4.69, 9.17) is 5.73 Å². The minimum atomic E-state index is -0.469. The fourth-order valence-electron chi connectivity index (χ4n) is 2.90. The SMILES string of the molecule is Nc1ccccc1NC(=O)c1ccc(Nc2ncnc3ccc([N+](=O)[O-])cc23)cc1. The minimum Gasteiger partial charge on any atom is -0.397 e. The fourth-order valence-corrected chi connectivity index (χ4v) is 2.90. The molecule has 0 aliphatic rings. The summed E-state index contributed by atoms with van der Waals surface area (Å²) in [6.07, 6.45) is 1.38. The number of amides is 1. The zero-order valence-electron chi connectivity index (χ0n) is 15.6. The number of para-hydroxylation sites is 2. The maximum absolute atomic E-state index is 12.4. The van der Waals surface area contributed by atoms with Crippen LogP contribution in [0.4, 0.5) is 28.6 Å². The number of non-ortho nitro benzene ring substituents is 1. The van der Waals surface area contributed by atoms with E-state index in [1.54, 1.807) is 54.6 Å². The van der Waals surface area contributed by atoms with E-state index in [2.05, 4.69) is 20.6 Å². The first-order chi connectivity index (χ1) is 14.5. The van der Waals surface area contributed by atoms with E-state index in [1.807, 2.05) is 0 Å². The molecule has 0 aliphatic carbocycles. The summed E-state index contributed by atoms with van der Waals surface area (Å²) in [6.45, 7) is 0. The van der Waals surface area contributed by atoms with Crippen molar-refractivity contribution >= 4 is 45.4 Å². The van der Waals surface area contributed by atoms with Crippen LogP contribution in [0.15, 0.2) is 73.1 Å². The number of nitrogens with two attached hydrogens (primary N) is 1. The molecule has 30 heavy (non-hydrogen) atoms. The molecule has 0 fully saturated rings. The maximum Gasteiger partial charge on any atom is 0.270 e. The summed E-state index contributed by atoms with van der Waals surface area (Å²) in [5, 5.41) is 17.5. The number of nitrogens with one attached hydrogen (secondary N) is 2. The van der Waals surface area contributed by atoms with Crippen molar-refractivity contribution in [3.8, 4) is 0 Å². The summed E-state index contributed by atoms with van der Waals surface area (Å²) in [5.74, 6) is 0.139. The van der Waals surface area contributed by atoms with Crippen LogP contribution in [0, 0.1) is 10.1 Å². The van der Waals surface area contributed by atoms with Gasteiger partial charge in [0, 0.05) is 28.8 Å². The predicted octanol–water partition coefficient (Wildman–Crippen LogP) is 4.12. The van der Waals surface area contributed by atoms with Gasteiger partial charge in [-0.05, 0) is 42.5 Å². The third-order valence-corrected chi connectivity index (χ3v) is 4.45. The van der Waals surface area contributed by atoms with Crippen LogP contribution in [-0.4, -0.2) is 20.8 Å². The largest absolute Gasteiger partial charge is 0.397 e. The molecule has 0 aliphatic heterocycles. The normalized spacial score (nSPS) is 10.5. The molecule has 148 valence electrons. The predicted molar refractivity (Wildman–Crippen MR) is 115 cm³/mol. The first-order valence-corrected chi connectivity index (χ1v) is 8.93. The van der Waals surface area contributed by atoms with Crippen LogP contribution < -0.4 is 16.4 Å². The Kier molecular flexibility index (Phi) is 4.92. The van der Waals surface area contributed by atoms with Gasteiger partial charge in [0.1, 0.15) is 12.1 Å². The summed E-state index contributed by atoms with van der Waals surface area (Å²) < 4.78 is 0. The highest BCUT2D eigenvalue weighted by atomic mass is 16.6. The average Bonchev–Trinajstić information content (AvgIpc) is 2.75.